The van der Waals surface area contributed by atoms with Crippen LogP contribution in [0, 0.1) is 0 Å². The van der Waals surface area contributed by atoms with E-state index < -0.39 is 0 Å². The molecule has 0 radical (unpaired) electrons. The Morgan fingerprint density at radius 1 is 1.32 bits per heavy atom. The average molecular weight is 380 g/mol. The second kappa shape index (κ2) is 7.61. The highest BCUT2D eigenvalue weighted by Crippen LogP contribution is 2.32. The number of carbonyl (C=O) groups is 1. The molecule has 0 heterocycles. The van der Waals surface area contributed by atoms with Gasteiger partial charge in [0.1, 0.15) is 12.4 Å². The quantitative estimate of drug-likeness (QED) is 0.492. The standard InChI is InChI=1S/C18H16BrClO2/c1-3-9-22-17-11-16(20)14(10-15(17)19)18(21)13-7-5-12(4-2)6-8-13/h3,5-8,10-11H,1,4,9H2,2H3. The lowest BCUT2D eigenvalue weighted by molar-refractivity contribution is 0.103. The van der Waals surface area contributed by atoms with E-state index in [-0.39, 0.29) is 5.78 Å². The van der Waals surface area contributed by atoms with Crippen LogP contribution in [0.2, 0.25) is 5.02 Å². The molecule has 0 saturated carbocycles. The number of hydrogen-bond acceptors (Lipinski definition) is 2. The summed E-state index contributed by atoms with van der Waals surface area (Å²) in [5, 5.41) is 0.367. The summed E-state index contributed by atoms with van der Waals surface area (Å²) in [6.45, 7) is 6.05. The van der Waals surface area contributed by atoms with Gasteiger partial charge in [0.25, 0.3) is 0 Å². The summed E-state index contributed by atoms with van der Waals surface area (Å²) in [7, 11) is 0. The molecule has 0 spiro atoms. The van der Waals surface area contributed by atoms with Crippen LogP contribution in [0.15, 0.2) is 53.5 Å². The Morgan fingerprint density at radius 3 is 2.59 bits per heavy atom. The van der Waals surface area contributed by atoms with Crippen molar-refractivity contribution in [3.63, 3.8) is 0 Å². The number of ether oxygens (including phenoxy) is 1. The Labute approximate surface area is 143 Å². The van der Waals surface area contributed by atoms with Gasteiger partial charge < -0.3 is 4.74 Å². The molecule has 2 aromatic rings. The maximum absolute atomic E-state index is 12.6. The van der Waals surface area contributed by atoms with Crippen LogP contribution in [0.1, 0.15) is 28.4 Å². The summed E-state index contributed by atoms with van der Waals surface area (Å²) in [5.41, 5.74) is 2.26. The normalized spacial score (nSPS) is 10.3. The van der Waals surface area contributed by atoms with Gasteiger partial charge in [-0.15, -0.1) is 0 Å². The molecule has 2 nitrogen and oxygen atoms in total. The molecular formula is C18H16BrClO2. The summed E-state index contributed by atoms with van der Waals surface area (Å²) >= 11 is 9.64. The van der Waals surface area contributed by atoms with Crippen molar-refractivity contribution in [3.05, 3.63) is 75.2 Å². The van der Waals surface area contributed by atoms with E-state index in [0.29, 0.717) is 33.0 Å². The molecule has 0 aromatic heterocycles. The van der Waals surface area contributed by atoms with E-state index in [4.69, 9.17) is 16.3 Å². The van der Waals surface area contributed by atoms with Gasteiger partial charge in [-0.1, -0.05) is 55.4 Å². The second-order valence-electron chi connectivity index (χ2n) is 4.74. The lowest BCUT2D eigenvalue weighted by Gasteiger charge is -2.10. The highest BCUT2D eigenvalue weighted by molar-refractivity contribution is 9.10. The van der Waals surface area contributed by atoms with Crippen LogP contribution in [-0.2, 0) is 6.42 Å². The lowest BCUT2D eigenvalue weighted by atomic mass is 10.0. The van der Waals surface area contributed by atoms with Gasteiger partial charge in [0.2, 0.25) is 0 Å². The van der Waals surface area contributed by atoms with Gasteiger partial charge in [-0.3, -0.25) is 4.79 Å². The highest BCUT2D eigenvalue weighted by atomic mass is 79.9. The predicted octanol–water partition coefficient (Wildman–Crippen LogP) is 5.46. The van der Waals surface area contributed by atoms with Crippen LogP contribution < -0.4 is 4.74 Å². The Hall–Kier alpha value is -1.58. The molecule has 0 bridgehead atoms. The zero-order valence-electron chi connectivity index (χ0n) is 12.2. The van der Waals surface area contributed by atoms with Gasteiger partial charge in [0, 0.05) is 17.2 Å². The summed E-state index contributed by atoms with van der Waals surface area (Å²) < 4.78 is 6.16. The summed E-state index contributed by atoms with van der Waals surface area (Å²) in [6, 6.07) is 10.9. The van der Waals surface area contributed by atoms with Gasteiger partial charge in [-0.2, -0.15) is 0 Å². The minimum absolute atomic E-state index is 0.108. The summed E-state index contributed by atoms with van der Waals surface area (Å²) in [4.78, 5) is 12.6. The first-order valence-corrected chi connectivity index (χ1v) is 8.10. The van der Waals surface area contributed by atoms with Crippen molar-refractivity contribution in [1.29, 1.82) is 0 Å². The monoisotopic (exact) mass is 378 g/mol. The molecular weight excluding hydrogens is 364 g/mol. The molecule has 0 aliphatic carbocycles. The number of ketones is 1. The van der Waals surface area contributed by atoms with Crippen LogP contribution in [0.3, 0.4) is 0 Å². The molecule has 0 amide bonds. The fraction of sp³-hybridized carbons (Fsp3) is 0.167. The van der Waals surface area contributed by atoms with Crippen LogP contribution in [0.5, 0.6) is 5.75 Å². The summed E-state index contributed by atoms with van der Waals surface area (Å²) in [6.07, 6.45) is 2.59. The Kier molecular flexibility index (Phi) is 5.81. The van der Waals surface area contributed by atoms with Crippen molar-refractivity contribution < 1.29 is 9.53 Å². The molecule has 0 aliphatic heterocycles. The SMILES string of the molecule is C=CCOc1cc(Cl)c(C(=O)c2ccc(CC)cc2)cc1Br. The van der Waals surface area contributed by atoms with Crippen molar-refractivity contribution >= 4 is 33.3 Å². The third-order valence-corrected chi connectivity index (χ3v) is 4.18. The van der Waals surface area contributed by atoms with Crippen LogP contribution in [0.4, 0.5) is 0 Å². The first-order valence-electron chi connectivity index (χ1n) is 6.93. The van der Waals surface area contributed by atoms with Crippen molar-refractivity contribution in [3.8, 4) is 5.75 Å². The first kappa shape index (κ1) is 16.8. The molecule has 0 fully saturated rings. The maximum atomic E-state index is 12.6. The van der Waals surface area contributed by atoms with Gasteiger partial charge in [-0.25, -0.2) is 0 Å². The zero-order chi connectivity index (χ0) is 16.1. The average Bonchev–Trinajstić information content (AvgIpc) is 2.54. The first-order chi connectivity index (χ1) is 10.6. The van der Waals surface area contributed by atoms with Gasteiger partial charge in [-0.05, 0) is 34.0 Å². The minimum Gasteiger partial charge on any atom is -0.488 e. The molecule has 0 aliphatic rings. The van der Waals surface area contributed by atoms with Crippen molar-refractivity contribution in [2.24, 2.45) is 0 Å². The number of halogens is 2. The maximum Gasteiger partial charge on any atom is 0.194 e. The van der Waals surface area contributed by atoms with E-state index in [1.54, 1.807) is 18.2 Å². The Morgan fingerprint density at radius 2 is 2.00 bits per heavy atom. The molecule has 2 rings (SSSR count). The molecule has 0 saturated heterocycles. The molecule has 22 heavy (non-hydrogen) atoms. The third-order valence-electron chi connectivity index (χ3n) is 3.25. The number of carbonyl (C=O) groups excluding carboxylic acids is 1. The van der Waals surface area contributed by atoms with Crippen LogP contribution in [-0.4, -0.2) is 12.4 Å². The van der Waals surface area contributed by atoms with E-state index in [9.17, 15) is 4.79 Å². The number of rotatable bonds is 6. The Balaban J connectivity index is 2.32. The number of aryl methyl sites for hydroxylation is 1. The molecule has 0 atom stereocenters. The van der Waals surface area contributed by atoms with Gasteiger partial charge in [0.05, 0.1) is 9.50 Å². The lowest BCUT2D eigenvalue weighted by Crippen LogP contribution is -2.04. The minimum atomic E-state index is -0.108. The van der Waals surface area contributed by atoms with E-state index in [1.807, 2.05) is 24.3 Å². The van der Waals surface area contributed by atoms with E-state index in [1.165, 1.54) is 5.56 Å². The van der Waals surface area contributed by atoms with E-state index >= 15 is 0 Å². The molecule has 2 aromatic carbocycles. The predicted molar refractivity (Wildman–Crippen MR) is 94.1 cm³/mol. The fourth-order valence-electron chi connectivity index (χ4n) is 2.01. The molecule has 4 heteroatoms. The molecule has 114 valence electrons. The van der Waals surface area contributed by atoms with E-state index in [2.05, 4.69) is 29.4 Å². The van der Waals surface area contributed by atoms with Crippen LogP contribution >= 0.6 is 27.5 Å². The smallest absolute Gasteiger partial charge is 0.194 e. The number of benzene rings is 2. The highest BCUT2D eigenvalue weighted by Gasteiger charge is 2.16. The topological polar surface area (TPSA) is 26.3 Å². The number of hydrogen-bond donors (Lipinski definition) is 0. The van der Waals surface area contributed by atoms with E-state index in [0.717, 1.165) is 6.42 Å². The second-order valence-corrected chi connectivity index (χ2v) is 6.00. The Bertz CT molecular complexity index is 693. The van der Waals surface area contributed by atoms with Gasteiger partial charge >= 0.3 is 0 Å². The third kappa shape index (κ3) is 3.79. The molecule has 0 unspecified atom stereocenters. The molecule has 0 N–H and O–H groups in total. The largest absolute Gasteiger partial charge is 0.488 e. The fourth-order valence-corrected chi connectivity index (χ4v) is 2.71. The zero-order valence-corrected chi connectivity index (χ0v) is 14.6. The van der Waals surface area contributed by atoms with Crippen molar-refractivity contribution in [2.45, 2.75) is 13.3 Å². The van der Waals surface area contributed by atoms with Crippen molar-refractivity contribution in [1.82, 2.24) is 0 Å². The van der Waals surface area contributed by atoms with Crippen molar-refractivity contribution in [2.75, 3.05) is 6.61 Å². The summed E-state index contributed by atoms with van der Waals surface area (Å²) in [5.74, 6) is 0.478. The van der Waals surface area contributed by atoms with Crippen LogP contribution in [0.25, 0.3) is 0 Å². The van der Waals surface area contributed by atoms with Gasteiger partial charge in [0.15, 0.2) is 5.78 Å².